The largest absolute Gasteiger partial charge is 0.332 e. The topological polar surface area (TPSA) is 59.2 Å². The Kier molecular flexibility index (Phi) is 3.73. The van der Waals surface area contributed by atoms with E-state index in [9.17, 15) is 4.79 Å². The Hall–Kier alpha value is -1.72. The van der Waals surface area contributed by atoms with Crippen LogP contribution in [0.15, 0.2) is 18.2 Å². The van der Waals surface area contributed by atoms with E-state index >= 15 is 0 Å². The highest BCUT2D eigenvalue weighted by Gasteiger charge is 2.53. The molecule has 0 spiro atoms. The fourth-order valence-electron chi connectivity index (χ4n) is 3.89. The van der Waals surface area contributed by atoms with Crippen molar-refractivity contribution in [3.63, 3.8) is 0 Å². The van der Waals surface area contributed by atoms with E-state index in [2.05, 4.69) is 37.0 Å². The Morgan fingerprint density at radius 3 is 2.83 bits per heavy atom. The molecule has 5 heteroatoms. The Balaban J connectivity index is 1.71. The van der Waals surface area contributed by atoms with Crippen molar-refractivity contribution in [2.45, 2.75) is 33.2 Å². The van der Waals surface area contributed by atoms with Gasteiger partial charge in [0.2, 0.25) is 0 Å². The SMILES string of the molecule is Cc1nc(C(=O)N2C[C@H]3C[C@H]3[C@H]2CN)c(-c2ccc(C)c(C)c2)s1. The number of rotatable bonds is 3. The Morgan fingerprint density at radius 1 is 1.33 bits per heavy atom. The van der Waals surface area contributed by atoms with Crippen molar-refractivity contribution in [3.05, 3.63) is 40.0 Å². The third-order valence-electron chi connectivity index (χ3n) is 5.51. The molecule has 1 aromatic carbocycles. The van der Waals surface area contributed by atoms with Crippen LogP contribution in [0.25, 0.3) is 10.4 Å². The summed E-state index contributed by atoms with van der Waals surface area (Å²) in [4.78, 5) is 20.7. The first kappa shape index (κ1) is 15.8. The first-order chi connectivity index (χ1) is 11.5. The molecule has 0 bridgehead atoms. The molecule has 24 heavy (non-hydrogen) atoms. The van der Waals surface area contributed by atoms with Gasteiger partial charge in [0.15, 0.2) is 0 Å². The zero-order valence-electron chi connectivity index (χ0n) is 14.4. The molecule has 0 unspecified atom stereocenters. The number of nitrogens with zero attached hydrogens (tertiary/aromatic N) is 2. The van der Waals surface area contributed by atoms with E-state index in [1.807, 2.05) is 11.8 Å². The second-order valence-corrected chi connectivity index (χ2v) is 8.33. The maximum absolute atomic E-state index is 13.2. The molecule has 2 aromatic rings. The summed E-state index contributed by atoms with van der Waals surface area (Å²) in [5, 5.41) is 0.931. The molecule has 126 valence electrons. The summed E-state index contributed by atoms with van der Waals surface area (Å²) in [6, 6.07) is 6.55. The molecule has 3 atom stereocenters. The van der Waals surface area contributed by atoms with Gasteiger partial charge in [0.1, 0.15) is 5.69 Å². The highest BCUT2D eigenvalue weighted by molar-refractivity contribution is 7.15. The first-order valence-electron chi connectivity index (χ1n) is 8.55. The maximum atomic E-state index is 13.2. The quantitative estimate of drug-likeness (QED) is 0.933. The van der Waals surface area contributed by atoms with E-state index in [1.165, 1.54) is 17.5 Å². The van der Waals surface area contributed by atoms with Gasteiger partial charge in [-0.15, -0.1) is 11.3 Å². The number of carbonyl (C=O) groups is 1. The normalized spacial score (nSPS) is 25.0. The summed E-state index contributed by atoms with van der Waals surface area (Å²) in [5.41, 5.74) is 10.1. The lowest BCUT2D eigenvalue weighted by Crippen LogP contribution is -2.43. The van der Waals surface area contributed by atoms with Gasteiger partial charge in [-0.05, 0) is 55.7 Å². The van der Waals surface area contributed by atoms with Crippen molar-refractivity contribution in [1.29, 1.82) is 0 Å². The number of nitrogens with two attached hydrogens (primary N) is 1. The van der Waals surface area contributed by atoms with Crippen LogP contribution in [-0.4, -0.2) is 34.9 Å². The van der Waals surface area contributed by atoms with Crippen molar-refractivity contribution in [2.75, 3.05) is 13.1 Å². The fourth-order valence-corrected chi connectivity index (χ4v) is 4.80. The third kappa shape index (κ3) is 2.47. The van der Waals surface area contributed by atoms with Gasteiger partial charge in [-0.2, -0.15) is 0 Å². The molecule has 1 aliphatic carbocycles. The number of piperidine rings is 1. The molecule has 1 amide bonds. The van der Waals surface area contributed by atoms with Crippen LogP contribution in [0.1, 0.15) is 33.0 Å². The molecule has 4 nitrogen and oxygen atoms in total. The number of thiazole rings is 1. The molecule has 1 saturated heterocycles. The van der Waals surface area contributed by atoms with Gasteiger partial charge >= 0.3 is 0 Å². The third-order valence-corrected chi connectivity index (χ3v) is 6.53. The van der Waals surface area contributed by atoms with E-state index in [-0.39, 0.29) is 11.9 Å². The van der Waals surface area contributed by atoms with Crippen LogP contribution in [0.2, 0.25) is 0 Å². The van der Waals surface area contributed by atoms with Crippen molar-refractivity contribution in [1.82, 2.24) is 9.88 Å². The molecular formula is C19H23N3OS. The molecule has 2 N–H and O–H groups in total. The van der Waals surface area contributed by atoms with Crippen LogP contribution in [0.3, 0.4) is 0 Å². The van der Waals surface area contributed by atoms with E-state index in [4.69, 9.17) is 5.73 Å². The highest BCUT2D eigenvalue weighted by Crippen LogP contribution is 2.49. The maximum Gasteiger partial charge on any atom is 0.274 e. The minimum Gasteiger partial charge on any atom is -0.332 e. The summed E-state index contributed by atoms with van der Waals surface area (Å²) in [7, 11) is 0. The number of aromatic nitrogens is 1. The minimum absolute atomic E-state index is 0.0511. The van der Waals surface area contributed by atoms with Gasteiger partial charge in [0.05, 0.1) is 9.88 Å². The number of benzene rings is 1. The summed E-state index contributed by atoms with van der Waals surface area (Å²) < 4.78 is 0. The lowest BCUT2D eigenvalue weighted by Gasteiger charge is -2.26. The Morgan fingerprint density at radius 2 is 2.12 bits per heavy atom. The number of fused-ring (bicyclic) bond motifs is 1. The number of hydrogen-bond acceptors (Lipinski definition) is 4. The zero-order valence-corrected chi connectivity index (χ0v) is 15.2. The number of hydrogen-bond donors (Lipinski definition) is 1. The van der Waals surface area contributed by atoms with Gasteiger partial charge < -0.3 is 10.6 Å². The van der Waals surface area contributed by atoms with E-state index in [0.717, 1.165) is 22.0 Å². The molecule has 2 fully saturated rings. The second kappa shape index (κ2) is 5.67. The lowest BCUT2D eigenvalue weighted by molar-refractivity contribution is 0.0708. The fraction of sp³-hybridized carbons (Fsp3) is 0.474. The minimum atomic E-state index is 0.0511. The Labute approximate surface area is 146 Å². The molecule has 1 aliphatic heterocycles. The van der Waals surface area contributed by atoms with Crippen LogP contribution >= 0.6 is 11.3 Å². The van der Waals surface area contributed by atoms with Crippen molar-refractivity contribution >= 4 is 17.2 Å². The predicted octanol–water partition coefficient (Wildman–Crippen LogP) is 3.15. The predicted molar refractivity (Wildman–Crippen MR) is 97.2 cm³/mol. The molecule has 2 heterocycles. The number of aryl methyl sites for hydroxylation is 3. The summed E-state index contributed by atoms with van der Waals surface area (Å²) in [5.74, 6) is 1.33. The molecule has 2 aliphatic rings. The standard InChI is InChI=1S/C19H23N3OS/c1-10-4-5-13(6-11(10)2)18-17(21-12(3)24-18)19(23)22-9-14-7-15(14)16(22)8-20/h4-6,14-16H,7-9,20H2,1-3H3/t14-,15-,16-/m1/s1. The first-order valence-corrected chi connectivity index (χ1v) is 9.37. The van der Waals surface area contributed by atoms with Crippen molar-refractivity contribution in [3.8, 4) is 10.4 Å². The van der Waals surface area contributed by atoms with E-state index in [1.54, 1.807) is 11.3 Å². The van der Waals surface area contributed by atoms with Crippen molar-refractivity contribution in [2.24, 2.45) is 17.6 Å². The number of amides is 1. The average molecular weight is 341 g/mol. The highest BCUT2D eigenvalue weighted by atomic mass is 32.1. The summed E-state index contributed by atoms with van der Waals surface area (Å²) in [6.07, 6.45) is 1.23. The van der Waals surface area contributed by atoms with Gasteiger partial charge in [-0.1, -0.05) is 18.2 Å². The van der Waals surface area contributed by atoms with Gasteiger partial charge in [-0.25, -0.2) is 4.98 Å². The van der Waals surface area contributed by atoms with Gasteiger partial charge in [0, 0.05) is 19.1 Å². The molecular weight excluding hydrogens is 318 g/mol. The molecule has 1 saturated carbocycles. The smallest absolute Gasteiger partial charge is 0.274 e. The van der Waals surface area contributed by atoms with Gasteiger partial charge in [-0.3, -0.25) is 4.79 Å². The number of carbonyl (C=O) groups excluding carboxylic acids is 1. The molecule has 4 rings (SSSR count). The van der Waals surface area contributed by atoms with Crippen molar-refractivity contribution < 1.29 is 4.79 Å². The van der Waals surface area contributed by atoms with E-state index < -0.39 is 0 Å². The molecule has 0 radical (unpaired) electrons. The Bertz CT molecular complexity index is 813. The lowest BCUT2D eigenvalue weighted by atomic mass is 10.0. The summed E-state index contributed by atoms with van der Waals surface area (Å²) in [6.45, 7) is 7.56. The molecule has 1 aromatic heterocycles. The second-order valence-electron chi connectivity index (χ2n) is 7.13. The van der Waals surface area contributed by atoms with Crippen LogP contribution < -0.4 is 5.73 Å². The van der Waals surface area contributed by atoms with Crippen LogP contribution in [0.4, 0.5) is 0 Å². The number of likely N-dealkylation sites (tertiary alicyclic amines) is 1. The van der Waals surface area contributed by atoms with Gasteiger partial charge in [0.25, 0.3) is 5.91 Å². The van der Waals surface area contributed by atoms with Crippen LogP contribution in [0.5, 0.6) is 0 Å². The monoisotopic (exact) mass is 341 g/mol. The van der Waals surface area contributed by atoms with Crippen LogP contribution in [0, 0.1) is 32.6 Å². The average Bonchev–Trinajstić information content (AvgIpc) is 3.06. The summed E-state index contributed by atoms with van der Waals surface area (Å²) >= 11 is 1.60. The van der Waals surface area contributed by atoms with Crippen LogP contribution in [-0.2, 0) is 0 Å². The zero-order chi connectivity index (χ0) is 17.0. The van der Waals surface area contributed by atoms with E-state index in [0.29, 0.717) is 24.1 Å².